The summed E-state index contributed by atoms with van der Waals surface area (Å²) in [4.78, 5) is 60.8. The van der Waals surface area contributed by atoms with Crippen LogP contribution in [0.25, 0.3) is 0 Å². The molecule has 1 aromatic carbocycles. The van der Waals surface area contributed by atoms with Crippen LogP contribution in [0.2, 0.25) is 0 Å². The van der Waals surface area contributed by atoms with Crippen LogP contribution in [0.3, 0.4) is 0 Å². The molecule has 0 aliphatic heterocycles. The van der Waals surface area contributed by atoms with Gasteiger partial charge < -0.3 is 25.4 Å². The Morgan fingerprint density at radius 2 is 1.58 bits per heavy atom. The number of carbonyl (C=O) groups is 5. The number of esters is 1. The average Bonchev–Trinajstić information content (AvgIpc) is 2.80. The maximum absolute atomic E-state index is 12.7. The molecule has 10 nitrogen and oxygen atoms in total. The fourth-order valence-electron chi connectivity index (χ4n) is 2.70. The van der Waals surface area contributed by atoms with Gasteiger partial charge in [0.05, 0.1) is 25.3 Å². The lowest BCUT2D eigenvalue weighted by Crippen LogP contribution is -2.56. The highest BCUT2D eigenvalue weighted by molar-refractivity contribution is 7.81. The molecule has 0 radical (unpaired) electrons. The topological polar surface area (TPSA) is 140 Å². The first-order valence-corrected chi connectivity index (χ1v) is 11.0. The summed E-state index contributed by atoms with van der Waals surface area (Å²) < 4.78 is 9.69. The Labute approximate surface area is 198 Å². The average molecular weight is 482 g/mol. The Morgan fingerprint density at radius 1 is 0.939 bits per heavy atom. The van der Waals surface area contributed by atoms with Crippen LogP contribution in [0, 0.1) is 5.92 Å². The third-order valence-corrected chi connectivity index (χ3v) is 4.96. The van der Waals surface area contributed by atoms with Crippen molar-refractivity contribution in [3.8, 4) is 0 Å². The van der Waals surface area contributed by atoms with Crippen molar-refractivity contribution in [2.45, 2.75) is 51.9 Å². The number of nitrogens with one attached hydrogen (secondary N) is 3. The van der Waals surface area contributed by atoms with E-state index in [4.69, 9.17) is 4.74 Å². The minimum atomic E-state index is -1.13. The van der Waals surface area contributed by atoms with Gasteiger partial charge in [-0.1, -0.05) is 44.2 Å². The van der Waals surface area contributed by atoms with E-state index in [0.29, 0.717) is 0 Å². The first-order valence-electron chi connectivity index (χ1n) is 10.4. The molecular formula is C22H31N3O7S. The Kier molecular flexibility index (Phi) is 12.0. The zero-order chi connectivity index (χ0) is 25.0. The molecule has 0 aromatic heterocycles. The molecule has 0 heterocycles. The van der Waals surface area contributed by atoms with Crippen LogP contribution < -0.4 is 16.0 Å². The maximum atomic E-state index is 12.7. The van der Waals surface area contributed by atoms with Crippen molar-refractivity contribution in [3.63, 3.8) is 0 Å². The number of Topliss-reactive ketones (excluding diaryl/α,β-unsaturated/α-hetero) is 1. The van der Waals surface area contributed by atoms with E-state index in [0.717, 1.165) is 5.56 Å². The summed E-state index contributed by atoms with van der Waals surface area (Å²) in [6, 6.07) is 5.92. The highest BCUT2D eigenvalue weighted by Crippen LogP contribution is 2.06. The van der Waals surface area contributed by atoms with Crippen molar-refractivity contribution in [2.75, 3.05) is 12.9 Å². The lowest BCUT2D eigenvalue weighted by atomic mass is 10.0. The molecule has 182 valence electrons. The number of hydrogen-bond donors (Lipinski definition) is 4. The number of ether oxygens (including phenoxy) is 2. The molecule has 33 heavy (non-hydrogen) atoms. The molecule has 0 spiro atoms. The van der Waals surface area contributed by atoms with Gasteiger partial charge in [-0.15, -0.1) is 0 Å². The Morgan fingerprint density at radius 3 is 2.12 bits per heavy atom. The molecule has 0 aliphatic carbocycles. The summed E-state index contributed by atoms with van der Waals surface area (Å²) in [5.41, 5.74) is 0.792. The van der Waals surface area contributed by atoms with Gasteiger partial charge in [0, 0.05) is 0 Å². The third-order valence-electron chi connectivity index (χ3n) is 4.65. The zero-order valence-electron chi connectivity index (χ0n) is 19.1. The highest BCUT2D eigenvalue weighted by atomic mass is 32.1. The maximum Gasteiger partial charge on any atom is 0.408 e. The van der Waals surface area contributed by atoms with Crippen LogP contribution in [0.4, 0.5) is 4.79 Å². The molecule has 0 bridgehead atoms. The minimum Gasteiger partial charge on any atom is -0.469 e. The SMILES string of the molecule is COC(=O)C[C@H](NC(=O)[C@H](C)NC(=O)[C@@H](NC(=O)OCc1ccccc1)C(C)C)C(=O)CS. The molecule has 3 N–H and O–H groups in total. The van der Waals surface area contributed by atoms with Crippen LogP contribution in [0.5, 0.6) is 0 Å². The first-order chi connectivity index (χ1) is 15.6. The molecule has 1 aromatic rings. The highest BCUT2D eigenvalue weighted by Gasteiger charge is 2.29. The van der Waals surface area contributed by atoms with Crippen molar-refractivity contribution in [1.82, 2.24) is 16.0 Å². The number of amides is 3. The number of carbonyl (C=O) groups excluding carboxylic acids is 5. The van der Waals surface area contributed by atoms with E-state index in [1.54, 1.807) is 26.0 Å². The predicted molar refractivity (Wildman–Crippen MR) is 123 cm³/mol. The van der Waals surface area contributed by atoms with E-state index in [1.165, 1.54) is 14.0 Å². The van der Waals surface area contributed by atoms with E-state index >= 15 is 0 Å². The second-order valence-electron chi connectivity index (χ2n) is 7.62. The fourth-order valence-corrected chi connectivity index (χ4v) is 2.92. The van der Waals surface area contributed by atoms with E-state index < -0.39 is 47.8 Å². The smallest absolute Gasteiger partial charge is 0.408 e. The second kappa shape index (κ2) is 14.1. The normalized spacial score (nSPS) is 13.3. The van der Waals surface area contributed by atoms with E-state index in [9.17, 15) is 24.0 Å². The van der Waals surface area contributed by atoms with Gasteiger partial charge in [-0.2, -0.15) is 12.6 Å². The lowest BCUT2D eigenvalue weighted by molar-refractivity contribution is -0.143. The zero-order valence-corrected chi connectivity index (χ0v) is 20.0. The Balaban J connectivity index is 2.68. The molecule has 11 heteroatoms. The van der Waals surface area contributed by atoms with Crippen molar-refractivity contribution < 1.29 is 33.4 Å². The number of alkyl carbamates (subject to hydrolysis) is 1. The van der Waals surface area contributed by atoms with E-state index in [2.05, 4.69) is 33.3 Å². The molecule has 0 saturated carbocycles. The van der Waals surface area contributed by atoms with Crippen molar-refractivity contribution in [3.05, 3.63) is 35.9 Å². The lowest BCUT2D eigenvalue weighted by Gasteiger charge is -2.24. The monoisotopic (exact) mass is 481 g/mol. The Bertz CT molecular complexity index is 833. The summed E-state index contributed by atoms with van der Waals surface area (Å²) in [5, 5.41) is 7.42. The summed E-state index contributed by atoms with van der Waals surface area (Å²) in [6.45, 7) is 4.91. The molecule has 3 atom stereocenters. The molecule has 0 saturated heterocycles. The number of ketones is 1. The summed E-state index contributed by atoms with van der Waals surface area (Å²) in [7, 11) is 1.17. The van der Waals surface area contributed by atoms with E-state index in [-0.39, 0.29) is 24.7 Å². The van der Waals surface area contributed by atoms with Gasteiger partial charge in [0.15, 0.2) is 5.78 Å². The predicted octanol–water partition coefficient (Wildman–Crippen LogP) is 0.989. The quantitative estimate of drug-likeness (QED) is 0.258. The van der Waals surface area contributed by atoms with Crippen LogP contribution in [-0.2, 0) is 35.3 Å². The number of benzene rings is 1. The standard InChI is InChI=1S/C22H31N3O7S/c1-13(2)19(25-22(30)32-11-15-8-6-5-7-9-15)21(29)23-14(3)20(28)24-16(17(26)12-33)10-18(27)31-4/h5-9,13-14,16,19,33H,10-12H2,1-4H3,(H,23,29)(H,24,28)(H,25,30)/t14-,16-,19-/m0/s1. The van der Waals surface area contributed by atoms with Crippen molar-refractivity contribution in [2.24, 2.45) is 5.92 Å². The first kappa shape index (κ1) is 28.0. The van der Waals surface area contributed by atoms with E-state index in [1.807, 2.05) is 18.2 Å². The summed E-state index contributed by atoms with van der Waals surface area (Å²) >= 11 is 3.88. The van der Waals surface area contributed by atoms with Crippen LogP contribution in [0.1, 0.15) is 32.8 Å². The largest absolute Gasteiger partial charge is 0.469 e. The van der Waals surface area contributed by atoms with Gasteiger partial charge >= 0.3 is 12.1 Å². The third kappa shape index (κ3) is 9.94. The van der Waals surface area contributed by atoms with Crippen molar-refractivity contribution in [1.29, 1.82) is 0 Å². The molecule has 3 amide bonds. The van der Waals surface area contributed by atoms with Crippen molar-refractivity contribution >= 4 is 42.3 Å². The van der Waals surface area contributed by atoms with Gasteiger partial charge in [-0.25, -0.2) is 4.79 Å². The van der Waals surface area contributed by atoms with Crippen LogP contribution in [-0.4, -0.2) is 60.6 Å². The van der Waals surface area contributed by atoms with Gasteiger partial charge in [0.2, 0.25) is 11.8 Å². The molecule has 0 unspecified atom stereocenters. The fraction of sp³-hybridized carbons (Fsp3) is 0.500. The minimum absolute atomic E-state index is 0.0403. The van der Waals surface area contributed by atoms with Gasteiger partial charge in [0.1, 0.15) is 18.7 Å². The van der Waals surface area contributed by atoms with Gasteiger partial charge in [-0.3, -0.25) is 19.2 Å². The number of hydrogen-bond acceptors (Lipinski definition) is 8. The van der Waals surface area contributed by atoms with Gasteiger partial charge in [-0.05, 0) is 18.4 Å². The molecular weight excluding hydrogens is 450 g/mol. The van der Waals surface area contributed by atoms with Gasteiger partial charge in [0.25, 0.3) is 0 Å². The molecule has 0 aliphatic rings. The number of thiol groups is 1. The Hall–Kier alpha value is -3.08. The summed E-state index contributed by atoms with van der Waals surface area (Å²) in [5.74, 6) is -2.92. The second-order valence-corrected chi connectivity index (χ2v) is 7.94. The molecule has 0 fully saturated rings. The van der Waals surface area contributed by atoms with Crippen LogP contribution in [0.15, 0.2) is 30.3 Å². The molecule has 1 rings (SSSR count). The number of rotatable bonds is 12. The summed E-state index contributed by atoms with van der Waals surface area (Å²) in [6.07, 6.45) is -1.13. The number of methoxy groups -OCH3 is 1. The van der Waals surface area contributed by atoms with Crippen LogP contribution >= 0.6 is 12.6 Å².